The minimum Gasteiger partial charge on any atom is -0.468 e. The van der Waals surface area contributed by atoms with E-state index < -0.39 is 17.9 Å². The Balaban J connectivity index is 2.00. The van der Waals surface area contributed by atoms with Crippen LogP contribution in [-0.4, -0.2) is 26.2 Å². The zero-order chi connectivity index (χ0) is 17.8. The fourth-order valence-corrected chi connectivity index (χ4v) is 5.75. The van der Waals surface area contributed by atoms with Gasteiger partial charge in [-0.3, -0.25) is 9.59 Å². The molecule has 3 aromatic heterocycles. The van der Waals surface area contributed by atoms with E-state index in [9.17, 15) is 9.59 Å². The highest BCUT2D eigenvalue weighted by atomic mass is 32.1. The minimum atomic E-state index is -1.04. The largest absolute Gasteiger partial charge is 0.468 e. The van der Waals surface area contributed by atoms with Crippen LogP contribution in [0.25, 0.3) is 0 Å². The maximum atomic E-state index is 12.0. The van der Waals surface area contributed by atoms with Crippen LogP contribution in [0, 0.1) is 0 Å². The van der Waals surface area contributed by atoms with Gasteiger partial charge >= 0.3 is 11.9 Å². The molecule has 4 nitrogen and oxygen atoms in total. The molecule has 0 saturated carbocycles. The van der Waals surface area contributed by atoms with Crippen molar-refractivity contribution >= 4 is 45.9 Å². The Bertz CT molecular complexity index is 783. The summed E-state index contributed by atoms with van der Waals surface area (Å²) in [6.45, 7) is 0. The van der Waals surface area contributed by atoms with Crippen molar-refractivity contribution in [1.29, 1.82) is 0 Å². The molecule has 0 unspecified atom stereocenters. The number of ether oxygens (including phenoxy) is 2. The molecule has 3 heterocycles. The fourth-order valence-electron chi connectivity index (χ4n) is 2.57. The lowest BCUT2D eigenvalue weighted by atomic mass is 10.0. The Labute approximate surface area is 157 Å². The quantitative estimate of drug-likeness (QED) is 0.458. The lowest BCUT2D eigenvalue weighted by Gasteiger charge is -2.13. The van der Waals surface area contributed by atoms with E-state index in [1.807, 2.05) is 24.3 Å². The SMILES string of the molecule is COC(=O)C(C(=O)OC)c1ccc(C(c2cccs2)c2cccs2)s1. The first-order valence-electron chi connectivity index (χ1n) is 7.47. The second kappa shape index (κ2) is 7.95. The molecule has 0 aliphatic heterocycles. The van der Waals surface area contributed by atoms with E-state index in [1.54, 1.807) is 22.7 Å². The van der Waals surface area contributed by atoms with Crippen molar-refractivity contribution < 1.29 is 19.1 Å². The summed E-state index contributed by atoms with van der Waals surface area (Å²) < 4.78 is 9.55. The Kier molecular flexibility index (Phi) is 5.67. The monoisotopic (exact) mass is 392 g/mol. The van der Waals surface area contributed by atoms with Gasteiger partial charge in [-0.2, -0.15) is 0 Å². The molecule has 0 radical (unpaired) electrons. The van der Waals surface area contributed by atoms with Crippen molar-refractivity contribution in [3.63, 3.8) is 0 Å². The molecular formula is C18H16O4S3. The van der Waals surface area contributed by atoms with Gasteiger partial charge < -0.3 is 9.47 Å². The van der Waals surface area contributed by atoms with E-state index in [-0.39, 0.29) is 5.92 Å². The zero-order valence-electron chi connectivity index (χ0n) is 13.6. The normalized spacial score (nSPS) is 11.0. The summed E-state index contributed by atoms with van der Waals surface area (Å²) in [5.74, 6) is -2.15. The van der Waals surface area contributed by atoms with Crippen molar-refractivity contribution in [1.82, 2.24) is 0 Å². The number of hydrogen-bond acceptors (Lipinski definition) is 7. The van der Waals surface area contributed by atoms with Crippen molar-refractivity contribution in [3.05, 3.63) is 66.7 Å². The topological polar surface area (TPSA) is 52.6 Å². The van der Waals surface area contributed by atoms with E-state index in [2.05, 4.69) is 22.9 Å². The first-order valence-corrected chi connectivity index (χ1v) is 10.1. The number of methoxy groups -OCH3 is 2. The standard InChI is InChI=1S/C18H16O4S3/c1-21-17(19)16(18(20)22-2)14-8-7-13(25-14)15(11-5-3-9-23-11)12-6-4-10-24-12/h3-10,15-16H,1-2H3. The second-order valence-corrected chi connectivity index (χ2v) is 8.29. The first kappa shape index (κ1) is 17.8. The number of hydrogen-bond donors (Lipinski definition) is 0. The van der Waals surface area contributed by atoms with Gasteiger partial charge in [0.15, 0.2) is 5.92 Å². The number of carbonyl (C=O) groups excluding carboxylic acids is 2. The number of carbonyl (C=O) groups is 2. The Hall–Kier alpha value is -1.96. The molecule has 3 aromatic rings. The van der Waals surface area contributed by atoms with Crippen molar-refractivity contribution in [3.8, 4) is 0 Å². The summed E-state index contributed by atoms with van der Waals surface area (Å²) in [6, 6.07) is 12.1. The van der Waals surface area contributed by atoms with Gasteiger partial charge in [0.25, 0.3) is 0 Å². The average Bonchev–Trinajstić information content (AvgIpc) is 3.38. The molecule has 3 rings (SSSR count). The van der Waals surface area contributed by atoms with Crippen LogP contribution in [0.5, 0.6) is 0 Å². The maximum absolute atomic E-state index is 12.0. The van der Waals surface area contributed by atoms with Crippen LogP contribution < -0.4 is 0 Å². The third kappa shape index (κ3) is 3.68. The molecule has 7 heteroatoms. The third-order valence-corrected chi connectivity index (χ3v) is 6.84. The molecule has 0 N–H and O–H groups in total. The van der Waals surface area contributed by atoms with Crippen LogP contribution in [0.1, 0.15) is 31.3 Å². The minimum absolute atomic E-state index is 0.106. The molecule has 130 valence electrons. The summed E-state index contributed by atoms with van der Waals surface area (Å²) in [5, 5.41) is 4.10. The number of rotatable bonds is 6. The van der Waals surface area contributed by atoms with E-state index in [1.165, 1.54) is 35.3 Å². The predicted molar refractivity (Wildman–Crippen MR) is 101 cm³/mol. The van der Waals surface area contributed by atoms with Crippen molar-refractivity contribution in [2.45, 2.75) is 11.8 Å². The predicted octanol–water partition coefficient (Wildman–Crippen LogP) is 4.48. The first-order chi connectivity index (χ1) is 12.2. The van der Waals surface area contributed by atoms with Crippen LogP contribution in [0.3, 0.4) is 0 Å². The summed E-state index contributed by atoms with van der Waals surface area (Å²) in [5.41, 5.74) is 0. The molecule has 0 amide bonds. The Morgan fingerprint density at radius 2 is 1.32 bits per heavy atom. The molecule has 0 bridgehead atoms. The highest BCUT2D eigenvalue weighted by Gasteiger charge is 2.33. The lowest BCUT2D eigenvalue weighted by molar-refractivity contribution is -0.154. The number of thiophene rings is 3. The molecule has 0 saturated heterocycles. The molecule has 0 aromatic carbocycles. The molecule has 0 spiro atoms. The van der Waals surface area contributed by atoms with Gasteiger partial charge in [-0.05, 0) is 35.0 Å². The van der Waals surface area contributed by atoms with Gasteiger partial charge in [-0.15, -0.1) is 34.0 Å². The van der Waals surface area contributed by atoms with Crippen LogP contribution in [0.15, 0.2) is 47.2 Å². The molecule has 25 heavy (non-hydrogen) atoms. The van der Waals surface area contributed by atoms with Gasteiger partial charge in [-0.1, -0.05) is 12.1 Å². The van der Waals surface area contributed by atoms with Gasteiger partial charge in [0.1, 0.15) is 0 Å². The number of esters is 2. The summed E-state index contributed by atoms with van der Waals surface area (Å²) in [7, 11) is 2.54. The Morgan fingerprint density at radius 3 is 1.76 bits per heavy atom. The summed E-state index contributed by atoms with van der Waals surface area (Å²) in [4.78, 5) is 28.2. The van der Waals surface area contributed by atoms with E-state index in [0.29, 0.717) is 4.88 Å². The maximum Gasteiger partial charge on any atom is 0.325 e. The van der Waals surface area contributed by atoms with Crippen LogP contribution in [-0.2, 0) is 19.1 Å². The average molecular weight is 393 g/mol. The van der Waals surface area contributed by atoms with E-state index in [0.717, 1.165) is 4.88 Å². The second-order valence-electron chi connectivity index (χ2n) is 5.18. The van der Waals surface area contributed by atoms with Crippen molar-refractivity contribution in [2.75, 3.05) is 14.2 Å². The smallest absolute Gasteiger partial charge is 0.325 e. The molecular weight excluding hydrogens is 376 g/mol. The molecule has 0 aliphatic rings. The van der Waals surface area contributed by atoms with Crippen LogP contribution >= 0.6 is 34.0 Å². The fraction of sp³-hybridized carbons (Fsp3) is 0.222. The zero-order valence-corrected chi connectivity index (χ0v) is 16.1. The van der Waals surface area contributed by atoms with Crippen LogP contribution in [0.4, 0.5) is 0 Å². The Morgan fingerprint density at radius 1 is 0.800 bits per heavy atom. The summed E-state index contributed by atoms with van der Waals surface area (Å²) >= 11 is 4.83. The van der Waals surface area contributed by atoms with E-state index in [4.69, 9.17) is 9.47 Å². The molecule has 0 atom stereocenters. The molecule has 0 fully saturated rings. The van der Waals surface area contributed by atoms with Crippen LogP contribution in [0.2, 0.25) is 0 Å². The molecule has 0 aliphatic carbocycles. The highest BCUT2D eigenvalue weighted by molar-refractivity contribution is 7.14. The summed E-state index contributed by atoms with van der Waals surface area (Å²) in [6.07, 6.45) is 0. The highest BCUT2D eigenvalue weighted by Crippen LogP contribution is 2.41. The van der Waals surface area contributed by atoms with Gasteiger partial charge in [-0.25, -0.2) is 0 Å². The van der Waals surface area contributed by atoms with Gasteiger partial charge in [0, 0.05) is 19.5 Å². The van der Waals surface area contributed by atoms with E-state index >= 15 is 0 Å². The van der Waals surface area contributed by atoms with Gasteiger partial charge in [0.05, 0.1) is 20.1 Å². The third-order valence-electron chi connectivity index (χ3n) is 3.75. The van der Waals surface area contributed by atoms with Crippen molar-refractivity contribution in [2.24, 2.45) is 0 Å². The lowest BCUT2D eigenvalue weighted by Crippen LogP contribution is -2.23. The van der Waals surface area contributed by atoms with Gasteiger partial charge in [0.2, 0.25) is 0 Å².